The molecular weight excluding hydrogens is 216 g/mol. The summed E-state index contributed by atoms with van der Waals surface area (Å²) in [7, 11) is 0. The van der Waals surface area contributed by atoms with Gasteiger partial charge in [-0.15, -0.1) is 6.58 Å². The minimum atomic E-state index is -0.146. The highest BCUT2D eigenvalue weighted by Crippen LogP contribution is 3.07. The average molecular weight is 230 g/mol. The van der Waals surface area contributed by atoms with Crippen LogP contribution in [0.3, 0.4) is 0 Å². The third-order valence-corrected chi connectivity index (χ3v) is 6.67. The highest BCUT2D eigenvalue weighted by atomic mass is 16.6. The number of allylic oxidation sites excluding steroid dienone is 1. The minimum Gasteiger partial charge on any atom is -0.458 e. The fraction of sp³-hybridized carbons (Fsp3) is 0.714. The molecule has 3 nitrogen and oxygen atoms in total. The molecule has 0 aromatic carbocycles. The first-order valence-corrected chi connectivity index (χ1v) is 6.47. The molecule has 0 aromatic rings. The molecule has 0 radical (unpaired) electrons. The molecule has 6 fully saturated rings. The molecule has 0 heterocycles. The highest BCUT2D eigenvalue weighted by molar-refractivity contribution is 5.95. The van der Waals surface area contributed by atoms with E-state index in [2.05, 4.69) is 6.58 Å². The van der Waals surface area contributed by atoms with Crippen molar-refractivity contribution in [1.82, 2.24) is 0 Å². The second kappa shape index (κ2) is 2.00. The quantitative estimate of drug-likeness (QED) is 0.538. The molecule has 0 aliphatic heterocycles. The summed E-state index contributed by atoms with van der Waals surface area (Å²) >= 11 is 0. The van der Waals surface area contributed by atoms with Crippen molar-refractivity contribution >= 4 is 11.8 Å². The zero-order valence-corrected chi connectivity index (χ0v) is 9.68. The normalized spacial score (nSPS) is 65.0. The van der Waals surface area contributed by atoms with Crippen molar-refractivity contribution in [3.63, 3.8) is 0 Å². The van der Waals surface area contributed by atoms with Crippen LogP contribution in [0.5, 0.6) is 0 Å². The first-order valence-electron chi connectivity index (χ1n) is 6.47. The van der Waals surface area contributed by atoms with Crippen molar-refractivity contribution in [1.29, 1.82) is 0 Å². The summed E-state index contributed by atoms with van der Waals surface area (Å²) in [6, 6.07) is 0. The van der Waals surface area contributed by atoms with Crippen molar-refractivity contribution in [2.24, 2.45) is 40.9 Å². The monoisotopic (exact) mass is 230 g/mol. The third-order valence-electron chi connectivity index (χ3n) is 6.67. The smallest absolute Gasteiger partial charge is 0.303 e. The maximum atomic E-state index is 12.2. The lowest BCUT2D eigenvalue weighted by atomic mass is 8.94. The molecule has 3 heteroatoms. The van der Waals surface area contributed by atoms with Gasteiger partial charge in [-0.05, 0) is 17.8 Å². The van der Waals surface area contributed by atoms with Gasteiger partial charge in [0, 0.05) is 36.5 Å². The Labute approximate surface area is 99.2 Å². The number of esters is 1. The third kappa shape index (κ3) is 0.465. The number of carbonyl (C=O) groups excluding carboxylic acids is 2. The SMILES string of the molecule is C=CCC(=O)C12C3C4C1C1C2C3C41OC(C)=O. The van der Waals surface area contributed by atoms with Crippen LogP contribution in [0.2, 0.25) is 0 Å². The Morgan fingerprint density at radius 2 is 1.71 bits per heavy atom. The van der Waals surface area contributed by atoms with Crippen molar-refractivity contribution in [3.8, 4) is 0 Å². The van der Waals surface area contributed by atoms with E-state index < -0.39 is 0 Å². The Hall–Kier alpha value is -1.12. The maximum absolute atomic E-state index is 12.2. The van der Waals surface area contributed by atoms with Crippen LogP contribution in [0.15, 0.2) is 12.7 Å². The van der Waals surface area contributed by atoms with Gasteiger partial charge in [-0.2, -0.15) is 0 Å². The molecule has 0 aromatic heterocycles. The molecule has 0 bridgehead atoms. The highest BCUT2D eigenvalue weighted by Gasteiger charge is 3.12. The molecule has 6 aliphatic carbocycles. The van der Waals surface area contributed by atoms with E-state index in [0.29, 0.717) is 47.7 Å². The second-order valence-electron chi connectivity index (χ2n) is 6.45. The number of hydrogen-bond acceptors (Lipinski definition) is 3. The van der Waals surface area contributed by atoms with Gasteiger partial charge in [-0.1, -0.05) is 6.08 Å². The molecule has 17 heavy (non-hydrogen) atoms. The van der Waals surface area contributed by atoms with E-state index in [1.807, 2.05) is 0 Å². The van der Waals surface area contributed by atoms with Crippen LogP contribution >= 0.6 is 0 Å². The van der Waals surface area contributed by atoms with Gasteiger partial charge in [0.05, 0.1) is 0 Å². The number of hydrogen-bond donors (Lipinski definition) is 0. The van der Waals surface area contributed by atoms with Crippen LogP contribution in [0, 0.1) is 40.9 Å². The van der Waals surface area contributed by atoms with Crippen LogP contribution in [-0.2, 0) is 14.3 Å². The summed E-state index contributed by atoms with van der Waals surface area (Å²) in [6.07, 6.45) is 2.25. The lowest BCUT2D eigenvalue weighted by Crippen LogP contribution is -3.14. The van der Waals surface area contributed by atoms with Gasteiger partial charge in [-0.3, -0.25) is 9.59 Å². The van der Waals surface area contributed by atoms with Crippen LogP contribution in [0.4, 0.5) is 0 Å². The summed E-state index contributed by atoms with van der Waals surface area (Å²) in [6.45, 7) is 5.16. The van der Waals surface area contributed by atoms with Crippen LogP contribution in [0.25, 0.3) is 0 Å². The fourth-order valence-electron chi connectivity index (χ4n) is 6.75. The molecule has 0 amide bonds. The van der Waals surface area contributed by atoms with Crippen LogP contribution < -0.4 is 0 Å². The number of carbonyl (C=O) groups is 2. The van der Waals surface area contributed by atoms with Gasteiger partial charge in [-0.25, -0.2) is 0 Å². The molecule has 0 unspecified atom stereocenters. The molecule has 88 valence electrons. The van der Waals surface area contributed by atoms with Crippen molar-refractivity contribution in [2.75, 3.05) is 0 Å². The predicted molar refractivity (Wildman–Crippen MR) is 57.7 cm³/mol. The maximum Gasteiger partial charge on any atom is 0.303 e. The average Bonchev–Trinajstić information content (AvgIpc) is 2.29. The molecular formula is C14H14O3. The lowest BCUT2D eigenvalue weighted by molar-refractivity contribution is -0.643. The number of ketones is 1. The first kappa shape index (κ1) is 8.90. The lowest BCUT2D eigenvalue weighted by Gasteiger charge is -3.09. The number of rotatable bonds is 4. The first-order chi connectivity index (χ1) is 8.13. The van der Waals surface area contributed by atoms with Gasteiger partial charge in [0.25, 0.3) is 0 Å². The zero-order valence-electron chi connectivity index (χ0n) is 9.68. The Morgan fingerprint density at radius 1 is 1.18 bits per heavy atom. The molecule has 0 spiro atoms. The number of ether oxygens (including phenoxy) is 1. The molecule has 0 N–H and O–H groups in total. The van der Waals surface area contributed by atoms with Crippen LogP contribution in [-0.4, -0.2) is 17.4 Å². The molecule has 6 rings (SSSR count). The molecule has 6 aliphatic rings. The van der Waals surface area contributed by atoms with Crippen molar-refractivity contribution in [2.45, 2.75) is 18.9 Å². The number of Topliss-reactive ketones (excluding diaryl/α,β-unsaturated/α-hetero) is 1. The van der Waals surface area contributed by atoms with Gasteiger partial charge >= 0.3 is 5.97 Å². The summed E-state index contributed by atoms with van der Waals surface area (Å²) < 4.78 is 5.57. The van der Waals surface area contributed by atoms with Gasteiger partial charge in [0.1, 0.15) is 11.4 Å². The van der Waals surface area contributed by atoms with Gasteiger partial charge in [0.2, 0.25) is 0 Å². The summed E-state index contributed by atoms with van der Waals surface area (Å²) in [5.41, 5.74) is -0.0435. The topological polar surface area (TPSA) is 43.4 Å². The summed E-state index contributed by atoms with van der Waals surface area (Å²) in [4.78, 5) is 23.3. The zero-order chi connectivity index (χ0) is 11.7. The van der Waals surface area contributed by atoms with E-state index in [4.69, 9.17) is 4.74 Å². The standard InChI is InChI=1S/C14H14O3/c1-3-4-6(16)13-7-10-8(13)12-9(13)11(7)14(10,12)17-5(2)15/h3,7-12H,1,4H2,2H3. The Morgan fingerprint density at radius 3 is 2.12 bits per heavy atom. The minimum absolute atomic E-state index is 0.0378. The Bertz CT molecular complexity index is 464. The van der Waals surface area contributed by atoms with E-state index >= 15 is 0 Å². The van der Waals surface area contributed by atoms with Crippen LogP contribution in [0.1, 0.15) is 13.3 Å². The summed E-state index contributed by atoms with van der Waals surface area (Å²) in [5, 5.41) is 0. The van der Waals surface area contributed by atoms with E-state index in [1.54, 1.807) is 6.08 Å². The second-order valence-corrected chi connectivity index (χ2v) is 6.45. The fourth-order valence-corrected chi connectivity index (χ4v) is 6.75. The van der Waals surface area contributed by atoms with Crippen molar-refractivity contribution < 1.29 is 14.3 Å². The summed E-state index contributed by atoms with van der Waals surface area (Å²) in [5.74, 6) is 3.58. The molecule has 0 saturated heterocycles. The predicted octanol–water partition coefficient (Wildman–Crippen LogP) is 1.19. The Kier molecular flexibility index (Phi) is 1.05. The van der Waals surface area contributed by atoms with E-state index in [0.717, 1.165) is 0 Å². The van der Waals surface area contributed by atoms with E-state index in [-0.39, 0.29) is 17.0 Å². The van der Waals surface area contributed by atoms with E-state index in [1.165, 1.54) is 6.92 Å². The largest absolute Gasteiger partial charge is 0.458 e. The van der Waals surface area contributed by atoms with Crippen molar-refractivity contribution in [3.05, 3.63) is 12.7 Å². The molecule has 0 atom stereocenters. The molecule has 6 saturated carbocycles. The van der Waals surface area contributed by atoms with Gasteiger partial charge < -0.3 is 4.74 Å². The Balaban J connectivity index is 1.46. The van der Waals surface area contributed by atoms with E-state index in [9.17, 15) is 9.59 Å². The van der Waals surface area contributed by atoms with Gasteiger partial charge in [0.15, 0.2) is 0 Å².